The summed E-state index contributed by atoms with van der Waals surface area (Å²) < 4.78 is 31.3. The van der Waals surface area contributed by atoms with Crippen molar-refractivity contribution in [2.24, 2.45) is 11.7 Å². The number of thiocarbonyl (C=S) groups is 1. The van der Waals surface area contributed by atoms with Gasteiger partial charge in [0.1, 0.15) is 0 Å². The van der Waals surface area contributed by atoms with Crippen LogP contribution >= 0.6 is 12.2 Å². The van der Waals surface area contributed by atoms with Gasteiger partial charge in [-0.05, 0) is 25.2 Å². The first-order valence-electron chi connectivity index (χ1n) is 7.22. The summed E-state index contributed by atoms with van der Waals surface area (Å²) in [7, 11) is -2.23. The molecule has 0 saturated heterocycles. The van der Waals surface area contributed by atoms with Gasteiger partial charge in [-0.2, -0.15) is 0 Å². The van der Waals surface area contributed by atoms with E-state index in [4.69, 9.17) is 18.0 Å². The van der Waals surface area contributed by atoms with Crippen LogP contribution in [0.4, 0.5) is 0 Å². The minimum absolute atomic E-state index is 0.0819. The van der Waals surface area contributed by atoms with Gasteiger partial charge in [-0.1, -0.05) is 31.5 Å². The molecule has 1 saturated carbocycles. The molecule has 1 rings (SSSR count). The first-order valence-corrected chi connectivity index (χ1v) is 9.28. The van der Waals surface area contributed by atoms with E-state index in [0.29, 0.717) is 0 Å². The fourth-order valence-electron chi connectivity index (χ4n) is 2.62. The molecule has 6 nitrogen and oxygen atoms in total. The zero-order valence-corrected chi connectivity index (χ0v) is 14.0. The first-order chi connectivity index (χ1) is 9.85. The summed E-state index contributed by atoms with van der Waals surface area (Å²) in [5.74, 6) is -0.372. The molecule has 3 N–H and O–H groups in total. The normalized spacial score (nSPS) is 18.1. The van der Waals surface area contributed by atoms with E-state index >= 15 is 0 Å². The molecule has 0 aromatic heterocycles. The number of carbonyl (C=O) groups is 1. The van der Waals surface area contributed by atoms with Gasteiger partial charge in [0.2, 0.25) is 10.0 Å². The molecule has 1 unspecified atom stereocenters. The second-order valence-electron chi connectivity index (χ2n) is 5.39. The summed E-state index contributed by atoms with van der Waals surface area (Å²) in [6.07, 6.45) is 5.50. The van der Waals surface area contributed by atoms with Crippen molar-refractivity contribution in [1.29, 1.82) is 0 Å². The van der Waals surface area contributed by atoms with Gasteiger partial charge in [0.05, 0.1) is 23.9 Å². The van der Waals surface area contributed by atoms with Gasteiger partial charge >= 0.3 is 5.97 Å². The molecule has 122 valence electrons. The summed E-state index contributed by atoms with van der Waals surface area (Å²) >= 11 is 5.02. The van der Waals surface area contributed by atoms with Crippen LogP contribution in [0.2, 0.25) is 0 Å². The lowest BCUT2D eigenvalue weighted by atomic mass is 9.84. The van der Waals surface area contributed by atoms with Gasteiger partial charge in [-0.25, -0.2) is 13.1 Å². The van der Waals surface area contributed by atoms with Crippen LogP contribution in [-0.4, -0.2) is 38.3 Å². The molecule has 21 heavy (non-hydrogen) atoms. The minimum Gasteiger partial charge on any atom is -0.469 e. The van der Waals surface area contributed by atoms with Crippen molar-refractivity contribution >= 4 is 33.2 Å². The second-order valence-corrected chi connectivity index (χ2v) is 7.74. The Hall–Kier alpha value is -0.730. The van der Waals surface area contributed by atoms with Crippen molar-refractivity contribution in [2.75, 3.05) is 12.9 Å². The Labute approximate surface area is 131 Å². The zero-order valence-electron chi connectivity index (χ0n) is 12.3. The van der Waals surface area contributed by atoms with Crippen molar-refractivity contribution in [3.05, 3.63) is 0 Å². The van der Waals surface area contributed by atoms with Crippen LogP contribution in [0, 0.1) is 5.92 Å². The van der Waals surface area contributed by atoms with E-state index in [1.807, 2.05) is 0 Å². The maximum atomic E-state index is 12.1. The highest BCUT2D eigenvalue weighted by atomic mass is 32.2. The summed E-state index contributed by atoms with van der Waals surface area (Å²) in [5.41, 5.74) is 5.70. The van der Waals surface area contributed by atoms with Crippen LogP contribution in [-0.2, 0) is 19.6 Å². The highest BCUT2D eigenvalue weighted by Crippen LogP contribution is 2.27. The predicted octanol–water partition coefficient (Wildman–Crippen LogP) is 1.09. The standard InChI is InChI=1S/C13H24N2O4S2/c1-19-11(16)8-5-9-21(17,18)15-12(13(14)20)10-6-3-2-4-7-10/h10,12,15H,2-9H2,1H3,(H2,14,20). The molecule has 0 aromatic rings. The zero-order chi connectivity index (χ0) is 15.9. The summed E-state index contributed by atoms with van der Waals surface area (Å²) in [5, 5.41) is 0. The molecule has 0 bridgehead atoms. The third kappa shape index (κ3) is 6.71. The SMILES string of the molecule is COC(=O)CCCS(=O)(=O)NC(C(N)=S)C1CCCCC1. The molecule has 0 amide bonds. The minimum atomic E-state index is -3.50. The Kier molecular flexibility index (Phi) is 7.55. The summed E-state index contributed by atoms with van der Waals surface area (Å²) in [6.45, 7) is 0. The van der Waals surface area contributed by atoms with Crippen molar-refractivity contribution in [2.45, 2.75) is 51.0 Å². The monoisotopic (exact) mass is 336 g/mol. The Morgan fingerprint density at radius 2 is 2.00 bits per heavy atom. The average molecular weight is 336 g/mol. The van der Waals surface area contributed by atoms with Crippen LogP contribution in [0.15, 0.2) is 0 Å². The van der Waals surface area contributed by atoms with E-state index in [1.165, 1.54) is 13.5 Å². The average Bonchev–Trinajstić information content (AvgIpc) is 2.45. The van der Waals surface area contributed by atoms with Crippen molar-refractivity contribution in [3.63, 3.8) is 0 Å². The fraction of sp³-hybridized carbons (Fsp3) is 0.846. The maximum absolute atomic E-state index is 12.1. The Morgan fingerprint density at radius 1 is 1.38 bits per heavy atom. The quantitative estimate of drug-likeness (QED) is 0.509. The molecule has 0 spiro atoms. The van der Waals surface area contributed by atoms with E-state index in [2.05, 4.69) is 9.46 Å². The van der Waals surface area contributed by atoms with Crippen LogP contribution in [0.25, 0.3) is 0 Å². The molecule has 0 aliphatic heterocycles. The smallest absolute Gasteiger partial charge is 0.305 e. The molecular formula is C13H24N2O4S2. The van der Waals surface area contributed by atoms with Gasteiger partial charge in [0, 0.05) is 6.42 Å². The molecular weight excluding hydrogens is 312 g/mol. The van der Waals surface area contributed by atoms with Gasteiger partial charge in [0.25, 0.3) is 0 Å². The van der Waals surface area contributed by atoms with Crippen molar-refractivity contribution in [1.82, 2.24) is 4.72 Å². The van der Waals surface area contributed by atoms with E-state index in [9.17, 15) is 13.2 Å². The highest BCUT2D eigenvalue weighted by molar-refractivity contribution is 7.89. The topological polar surface area (TPSA) is 98.5 Å². The maximum Gasteiger partial charge on any atom is 0.305 e. The number of hydrogen-bond donors (Lipinski definition) is 2. The largest absolute Gasteiger partial charge is 0.469 e. The van der Waals surface area contributed by atoms with Gasteiger partial charge in [-0.3, -0.25) is 4.79 Å². The van der Waals surface area contributed by atoms with Crippen LogP contribution in [0.1, 0.15) is 44.9 Å². The molecule has 0 aromatic carbocycles. The number of rotatable bonds is 8. The van der Waals surface area contributed by atoms with E-state index in [-0.39, 0.29) is 29.5 Å². The summed E-state index contributed by atoms with van der Waals surface area (Å²) in [4.78, 5) is 11.2. The number of nitrogens with two attached hydrogens (primary N) is 1. The third-order valence-corrected chi connectivity index (χ3v) is 5.45. The van der Waals surface area contributed by atoms with Crippen LogP contribution < -0.4 is 10.5 Å². The van der Waals surface area contributed by atoms with E-state index in [0.717, 1.165) is 25.7 Å². The number of hydrogen-bond acceptors (Lipinski definition) is 5. The van der Waals surface area contributed by atoms with E-state index in [1.54, 1.807) is 0 Å². The Balaban J connectivity index is 2.56. The number of esters is 1. The number of sulfonamides is 1. The number of nitrogens with one attached hydrogen (secondary N) is 1. The van der Waals surface area contributed by atoms with Crippen molar-refractivity contribution in [3.8, 4) is 0 Å². The molecule has 1 aliphatic carbocycles. The molecule has 0 radical (unpaired) electrons. The van der Waals surface area contributed by atoms with Crippen LogP contribution in [0.3, 0.4) is 0 Å². The lowest BCUT2D eigenvalue weighted by Gasteiger charge is -2.30. The molecule has 1 aliphatic rings. The molecule has 8 heteroatoms. The predicted molar refractivity (Wildman–Crippen MR) is 85.3 cm³/mol. The molecule has 0 heterocycles. The van der Waals surface area contributed by atoms with Gasteiger partial charge in [0.15, 0.2) is 0 Å². The molecule has 1 fully saturated rings. The highest BCUT2D eigenvalue weighted by Gasteiger charge is 2.29. The Morgan fingerprint density at radius 3 is 2.52 bits per heavy atom. The fourth-order valence-corrected chi connectivity index (χ4v) is 4.29. The lowest BCUT2D eigenvalue weighted by Crippen LogP contribution is -2.49. The number of ether oxygens (including phenoxy) is 1. The first kappa shape index (κ1) is 18.3. The third-order valence-electron chi connectivity index (χ3n) is 3.76. The number of carbonyl (C=O) groups excluding carboxylic acids is 1. The van der Waals surface area contributed by atoms with Gasteiger partial charge < -0.3 is 10.5 Å². The lowest BCUT2D eigenvalue weighted by molar-refractivity contribution is -0.140. The Bertz CT molecular complexity index is 459. The van der Waals surface area contributed by atoms with Gasteiger partial charge in [-0.15, -0.1) is 0 Å². The number of methoxy groups -OCH3 is 1. The molecule has 1 atom stereocenters. The van der Waals surface area contributed by atoms with E-state index < -0.39 is 22.0 Å². The van der Waals surface area contributed by atoms with Crippen molar-refractivity contribution < 1.29 is 17.9 Å². The van der Waals surface area contributed by atoms with Crippen LogP contribution in [0.5, 0.6) is 0 Å². The summed E-state index contributed by atoms with van der Waals surface area (Å²) in [6, 6.07) is -0.483. The second kappa shape index (κ2) is 8.65.